The molecule has 0 radical (unpaired) electrons. The van der Waals surface area contributed by atoms with E-state index in [1.165, 1.54) is 35.7 Å². The molecule has 2 amide bonds. The van der Waals surface area contributed by atoms with Gasteiger partial charge < -0.3 is 20.8 Å². The topological polar surface area (TPSA) is 158 Å². The number of carbonyl (C=O) groups is 4. The number of carbonyl (C=O) groups excluding carboxylic acids is 2. The van der Waals surface area contributed by atoms with Crippen molar-refractivity contribution in [3.8, 4) is 0 Å². The van der Waals surface area contributed by atoms with Crippen molar-refractivity contribution in [3.05, 3.63) is 92.7 Å². The predicted octanol–water partition coefficient (Wildman–Crippen LogP) is 5.65. The fourth-order valence-electron chi connectivity index (χ4n) is 4.16. The number of benzene rings is 2. The molecule has 0 spiro atoms. The molecule has 0 unspecified atom stereocenters. The first-order chi connectivity index (χ1) is 21.7. The number of amidine groups is 2. The number of nitrogens with zero attached hydrogens (tertiary/aromatic N) is 2. The zero-order valence-electron chi connectivity index (χ0n) is 24.3. The summed E-state index contributed by atoms with van der Waals surface area (Å²) in [4.78, 5) is 56.1. The highest BCUT2D eigenvalue weighted by atomic mass is 32.2. The van der Waals surface area contributed by atoms with E-state index in [0.717, 1.165) is 66.5 Å². The quantitative estimate of drug-likeness (QED) is 0.152. The molecule has 232 valence electrons. The number of amides is 2. The summed E-state index contributed by atoms with van der Waals surface area (Å²) in [6.07, 6.45) is 13.6. The van der Waals surface area contributed by atoms with Crippen LogP contribution in [0.15, 0.2) is 80.5 Å². The van der Waals surface area contributed by atoms with Crippen LogP contribution in [0.5, 0.6) is 0 Å². The molecule has 45 heavy (non-hydrogen) atoms. The minimum Gasteiger partial charge on any atom is -0.478 e. The summed E-state index contributed by atoms with van der Waals surface area (Å²) in [5.74, 6) is -2.38. The molecule has 2 fully saturated rings. The van der Waals surface area contributed by atoms with E-state index in [1.54, 1.807) is 36.4 Å². The van der Waals surface area contributed by atoms with Crippen molar-refractivity contribution in [1.82, 2.24) is 10.6 Å². The third kappa shape index (κ3) is 11.4. The summed E-state index contributed by atoms with van der Waals surface area (Å²) in [7, 11) is 0. The Kier molecular flexibility index (Phi) is 12.5. The molecule has 2 saturated heterocycles. The second-order valence-corrected chi connectivity index (χ2v) is 12.0. The number of carboxylic acids is 2. The van der Waals surface area contributed by atoms with Crippen molar-refractivity contribution in [2.75, 3.05) is 13.1 Å². The van der Waals surface area contributed by atoms with E-state index in [0.29, 0.717) is 33.2 Å². The summed E-state index contributed by atoms with van der Waals surface area (Å²) < 4.78 is 0. The van der Waals surface area contributed by atoms with Crippen molar-refractivity contribution in [2.45, 2.75) is 32.1 Å². The number of rotatable bonds is 14. The molecule has 0 atom stereocenters. The Labute approximate surface area is 269 Å². The Bertz CT molecular complexity index is 1490. The lowest BCUT2D eigenvalue weighted by Gasteiger charge is -2.00. The summed E-state index contributed by atoms with van der Waals surface area (Å²) in [6.45, 7) is 1.25. The number of nitrogens with one attached hydrogen (secondary N) is 2. The molecule has 2 heterocycles. The number of aliphatic carboxylic acids is 2. The molecule has 2 aliphatic heterocycles. The Morgan fingerprint density at radius 1 is 0.600 bits per heavy atom. The Balaban J connectivity index is 1.11. The van der Waals surface area contributed by atoms with Crippen molar-refractivity contribution in [3.63, 3.8) is 0 Å². The molecule has 0 aliphatic carbocycles. The molecular weight excluding hydrogens is 613 g/mol. The first-order valence-electron chi connectivity index (χ1n) is 14.3. The average Bonchev–Trinajstić information content (AvgIpc) is 3.55. The molecule has 4 rings (SSSR count). The number of carboxylic acid groups (broad SMARTS) is 2. The molecule has 2 aromatic rings. The van der Waals surface area contributed by atoms with Gasteiger partial charge in [0.2, 0.25) is 0 Å². The lowest BCUT2D eigenvalue weighted by atomic mass is 10.1. The second kappa shape index (κ2) is 17.0. The van der Waals surface area contributed by atoms with E-state index in [2.05, 4.69) is 20.6 Å². The van der Waals surface area contributed by atoms with Crippen LogP contribution in [-0.2, 0) is 19.2 Å². The maximum absolute atomic E-state index is 12.3. The molecule has 2 aromatic carbocycles. The Morgan fingerprint density at radius 2 is 0.956 bits per heavy atom. The highest BCUT2D eigenvalue weighted by molar-refractivity contribution is 8.19. The summed E-state index contributed by atoms with van der Waals surface area (Å²) in [5.41, 5.74) is 3.21. The standard InChI is InChI=1S/C33H32N4O6S2/c38-28(39)16-14-22-6-10-24(11-7-22)20-26-30(42)36-32(44-26)34-18-4-2-1-3-5-19-35-33-37-31(43)27(45-33)21-25-12-8-23(9-13-25)15-17-29(40)41/h6-17,20-21H,1-5,18-19H2,(H,38,39)(H,40,41)(H,34,36,42)(H,35,37,43)/b16-14+,17-15+,26-20-,27-21-. The first kappa shape index (κ1) is 33.2. The van der Waals surface area contributed by atoms with Gasteiger partial charge in [0.05, 0.1) is 9.81 Å². The summed E-state index contributed by atoms with van der Waals surface area (Å²) >= 11 is 2.62. The van der Waals surface area contributed by atoms with Gasteiger partial charge >= 0.3 is 11.9 Å². The molecule has 10 nitrogen and oxygen atoms in total. The van der Waals surface area contributed by atoms with E-state index >= 15 is 0 Å². The number of hydrogen-bond acceptors (Lipinski definition) is 8. The van der Waals surface area contributed by atoms with Gasteiger partial charge in [0, 0.05) is 25.2 Å². The highest BCUT2D eigenvalue weighted by Gasteiger charge is 2.24. The van der Waals surface area contributed by atoms with E-state index in [-0.39, 0.29) is 11.8 Å². The van der Waals surface area contributed by atoms with Crippen LogP contribution in [0.25, 0.3) is 24.3 Å². The number of hydrogen-bond donors (Lipinski definition) is 4. The molecule has 0 aromatic heterocycles. The molecule has 12 heteroatoms. The Hall–Kier alpha value is -4.68. The minimum atomic E-state index is -1.01. The molecule has 0 saturated carbocycles. The molecule has 0 bridgehead atoms. The summed E-state index contributed by atoms with van der Waals surface area (Å²) in [6, 6.07) is 14.5. The van der Waals surface area contributed by atoms with Gasteiger partial charge in [0.1, 0.15) is 0 Å². The third-order valence-electron chi connectivity index (χ3n) is 6.43. The van der Waals surface area contributed by atoms with Crippen LogP contribution in [0.1, 0.15) is 54.4 Å². The van der Waals surface area contributed by atoms with E-state index in [1.807, 2.05) is 24.3 Å². The first-order valence-corrected chi connectivity index (χ1v) is 15.9. The smallest absolute Gasteiger partial charge is 0.328 e. The van der Waals surface area contributed by atoms with Crippen LogP contribution < -0.4 is 10.6 Å². The van der Waals surface area contributed by atoms with Crippen LogP contribution in [0.2, 0.25) is 0 Å². The normalized spacial score (nSPS) is 18.6. The highest BCUT2D eigenvalue weighted by Crippen LogP contribution is 2.27. The van der Waals surface area contributed by atoms with Crippen molar-refractivity contribution in [2.24, 2.45) is 9.98 Å². The fraction of sp³-hybridized carbons (Fsp3) is 0.212. The van der Waals surface area contributed by atoms with Crippen LogP contribution in [-0.4, -0.2) is 57.4 Å². The van der Waals surface area contributed by atoms with Gasteiger partial charge in [0.25, 0.3) is 11.8 Å². The average molecular weight is 645 g/mol. The number of thioether (sulfide) groups is 2. The van der Waals surface area contributed by atoms with Gasteiger partial charge in [0.15, 0.2) is 10.3 Å². The van der Waals surface area contributed by atoms with Crippen LogP contribution in [0, 0.1) is 0 Å². The minimum absolute atomic E-state index is 0.185. The lowest BCUT2D eigenvalue weighted by molar-refractivity contribution is -0.132. The van der Waals surface area contributed by atoms with Crippen molar-refractivity contribution >= 4 is 81.9 Å². The van der Waals surface area contributed by atoms with E-state index < -0.39 is 11.9 Å². The lowest BCUT2D eigenvalue weighted by Crippen LogP contribution is -2.20. The van der Waals surface area contributed by atoms with Crippen LogP contribution in [0.4, 0.5) is 0 Å². The van der Waals surface area contributed by atoms with Crippen LogP contribution >= 0.6 is 23.5 Å². The fourth-order valence-corrected chi connectivity index (χ4v) is 5.86. The van der Waals surface area contributed by atoms with Crippen molar-refractivity contribution < 1.29 is 29.4 Å². The van der Waals surface area contributed by atoms with Gasteiger partial charge in [-0.15, -0.1) is 0 Å². The maximum atomic E-state index is 12.3. The number of aliphatic imine (C=N–C) groups is 2. The van der Waals surface area contributed by atoms with Gasteiger partial charge in [-0.1, -0.05) is 67.8 Å². The molecular formula is C33H32N4O6S2. The van der Waals surface area contributed by atoms with E-state index in [9.17, 15) is 19.2 Å². The Morgan fingerprint density at radius 3 is 1.33 bits per heavy atom. The third-order valence-corrected chi connectivity index (χ3v) is 8.33. The zero-order valence-corrected chi connectivity index (χ0v) is 25.9. The van der Waals surface area contributed by atoms with Crippen LogP contribution in [0.3, 0.4) is 0 Å². The molecule has 4 N–H and O–H groups in total. The second-order valence-electron chi connectivity index (χ2n) is 9.95. The maximum Gasteiger partial charge on any atom is 0.328 e. The summed E-state index contributed by atoms with van der Waals surface area (Å²) in [5, 5.41) is 24.3. The van der Waals surface area contributed by atoms with Gasteiger partial charge in [-0.3, -0.25) is 19.6 Å². The largest absolute Gasteiger partial charge is 0.478 e. The zero-order chi connectivity index (χ0) is 32.0. The SMILES string of the molecule is O=C(O)/C=C/c1ccc(/C=C2\SC(=NCCCCCCCN=C3NC(=O)/C(=C/c4ccc(/C=C/C(=O)O)cc4)S3)NC2=O)cc1. The molecule has 2 aliphatic rings. The van der Waals surface area contributed by atoms with Gasteiger partial charge in [-0.25, -0.2) is 9.59 Å². The number of unbranched alkanes of at least 4 members (excludes halogenated alkanes) is 4. The monoisotopic (exact) mass is 644 g/mol. The van der Waals surface area contributed by atoms with E-state index in [4.69, 9.17) is 10.2 Å². The predicted molar refractivity (Wildman–Crippen MR) is 181 cm³/mol. The van der Waals surface area contributed by atoms with Gasteiger partial charge in [-0.05, 0) is 82.9 Å². The van der Waals surface area contributed by atoms with Crippen molar-refractivity contribution in [1.29, 1.82) is 0 Å². The van der Waals surface area contributed by atoms with Gasteiger partial charge in [-0.2, -0.15) is 0 Å².